The molecule has 0 amide bonds. The zero-order chi connectivity index (χ0) is 26.6. The number of benzene rings is 2. The van der Waals surface area contributed by atoms with Gasteiger partial charge in [-0.05, 0) is 91.8 Å². The number of ether oxygens (including phenoxy) is 1. The maximum Gasteiger partial charge on any atom is 0.428 e. The first-order chi connectivity index (χ1) is 17.6. The molecule has 5 rings (SSSR count). The minimum atomic E-state index is -5.55. The molecule has 3 fully saturated rings. The second-order valence-electron chi connectivity index (χ2n) is 10.1. The number of fused-ring (bicyclic) bond motifs is 3. The van der Waals surface area contributed by atoms with Crippen molar-refractivity contribution < 1.29 is 34.9 Å². The Bertz CT molecular complexity index is 1150. The summed E-state index contributed by atoms with van der Waals surface area (Å²) in [6.45, 7) is 3.01. The fourth-order valence-corrected chi connectivity index (χ4v) is 8.58. The summed E-state index contributed by atoms with van der Waals surface area (Å²) in [6.07, 6.45) is 2.73. The highest BCUT2D eigenvalue weighted by atomic mass is 32.2. The molecule has 0 aromatic heterocycles. The lowest BCUT2D eigenvalue weighted by molar-refractivity contribution is -0.0740. The number of hydrogen-bond acceptors (Lipinski definition) is 4. The van der Waals surface area contributed by atoms with Crippen LogP contribution in [0, 0.1) is 11.8 Å². The van der Waals surface area contributed by atoms with Crippen LogP contribution in [-0.2, 0) is 25.2 Å². The number of halogens is 4. The predicted octanol–water partition coefficient (Wildman–Crippen LogP) is 7.17. The van der Waals surface area contributed by atoms with Gasteiger partial charge in [0.15, 0.2) is 4.90 Å². The SMILES string of the molecule is CCCCOc1ccc2cc([S+]3CCCC3)ccc2c1.O=S(=O)(OC1CC2CCC1C2)C(F)(F)C(F)F. The second kappa shape index (κ2) is 12.1. The van der Waals surface area contributed by atoms with Crippen LogP contribution in [0.5, 0.6) is 5.75 Å². The van der Waals surface area contributed by atoms with Crippen LogP contribution in [-0.4, -0.2) is 44.3 Å². The Morgan fingerprint density at radius 1 is 1.03 bits per heavy atom. The van der Waals surface area contributed by atoms with E-state index in [9.17, 15) is 26.0 Å². The summed E-state index contributed by atoms with van der Waals surface area (Å²) in [5.74, 6) is 3.97. The van der Waals surface area contributed by atoms with Gasteiger partial charge in [-0.25, -0.2) is 8.78 Å². The van der Waals surface area contributed by atoms with Gasteiger partial charge in [0.2, 0.25) is 0 Å². The normalized spacial score (nSPS) is 24.0. The summed E-state index contributed by atoms with van der Waals surface area (Å²) in [7, 11) is -5.04. The van der Waals surface area contributed by atoms with Gasteiger partial charge in [0.1, 0.15) is 17.3 Å². The molecule has 2 aromatic rings. The van der Waals surface area contributed by atoms with E-state index >= 15 is 0 Å². The molecule has 1 aliphatic heterocycles. The molecule has 2 aromatic carbocycles. The van der Waals surface area contributed by atoms with Crippen LogP contribution in [0.1, 0.15) is 58.3 Å². The van der Waals surface area contributed by atoms with Crippen LogP contribution < -0.4 is 4.74 Å². The van der Waals surface area contributed by atoms with Crippen LogP contribution in [0.15, 0.2) is 41.3 Å². The highest BCUT2D eigenvalue weighted by Crippen LogP contribution is 2.47. The van der Waals surface area contributed by atoms with Gasteiger partial charge in [0.05, 0.1) is 12.7 Å². The molecule has 3 unspecified atom stereocenters. The van der Waals surface area contributed by atoms with Gasteiger partial charge in [0, 0.05) is 17.0 Å². The van der Waals surface area contributed by atoms with Crippen LogP contribution in [0.25, 0.3) is 10.8 Å². The topological polar surface area (TPSA) is 52.6 Å². The Kier molecular flexibility index (Phi) is 9.33. The fraction of sp³-hybridized carbons (Fsp3) is 0.630. The highest BCUT2D eigenvalue weighted by molar-refractivity contribution is 7.97. The summed E-state index contributed by atoms with van der Waals surface area (Å²) in [5, 5.41) is -2.48. The molecule has 10 heteroatoms. The number of hydrogen-bond donors (Lipinski definition) is 0. The van der Waals surface area contributed by atoms with Crippen molar-refractivity contribution in [3.8, 4) is 5.75 Å². The Labute approximate surface area is 219 Å². The Morgan fingerprint density at radius 3 is 2.35 bits per heavy atom. The van der Waals surface area contributed by atoms with E-state index in [1.165, 1.54) is 41.5 Å². The molecule has 206 valence electrons. The average Bonchev–Trinajstić information content (AvgIpc) is 3.63. The molecule has 1 heterocycles. The lowest BCUT2D eigenvalue weighted by Gasteiger charge is -2.24. The molecule has 0 radical (unpaired) electrons. The maximum absolute atomic E-state index is 12.8. The number of alkyl halides is 4. The summed E-state index contributed by atoms with van der Waals surface area (Å²) in [6, 6.07) is 13.5. The molecule has 0 N–H and O–H groups in total. The van der Waals surface area contributed by atoms with Crippen molar-refractivity contribution in [3.63, 3.8) is 0 Å². The van der Waals surface area contributed by atoms with Crippen LogP contribution in [0.4, 0.5) is 17.6 Å². The first-order valence-electron chi connectivity index (χ1n) is 13.0. The Hall–Kier alpha value is -1.52. The molecule has 3 atom stereocenters. The molecular formula is C27H35F4O4S2+. The van der Waals surface area contributed by atoms with Crippen molar-refractivity contribution in [2.45, 2.75) is 81.0 Å². The van der Waals surface area contributed by atoms with Crippen molar-refractivity contribution in [1.29, 1.82) is 0 Å². The van der Waals surface area contributed by atoms with E-state index in [0.29, 0.717) is 23.7 Å². The molecule has 4 nitrogen and oxygen atoms in total. The van der Waals surface area contributed by atoms with Gasteiger partial charge in [-0.15, -0.1) is 0 Å². The van der Waals surface area contributed by atoms with Crippen LogP contribution in [0.3, 0.4) is 0 Å². The van der Waals surface area contributed by atoms with Crippen molar-refractivity contribution >= 4 is 31.8 Å². The standard InChI is InChI=1S/C18H23OS.C9H12F4O3S/c1-2-3-10-19-17-8-6-16-14-18(9-7-15(16)13-17)20-11-4-5-12-20;10-8(11)9(12,13)17(14,15)16-7-4-5-1-2-6(7)3-5/h6-9,13-14H,2-5,10-12H2,1H3;5-8H,1-4H2/q+1;. The molecule has 3 aliphatic rings. The van der Waals surface area contributed by atoms with E-state index < -0.39 is 27.9 Å². The predicted molar refractivity (Wildman–Crippen MR) is 139 cm³/mol. The van der Waals surface area contributed by atoms with Gasteiger partial charge in [0.25, 0.3) is 0 Å². The largest absolute Gasteiger partial charge is 0.494 e. The smallest absolute Gasteiger partial charge is 0.428 e. The van der Waals surface area contributed by atoms with E-state index in [1.807, 2.05) is 0 Å². The molecule has 1 saturated heterocycles. The summed E-state index contributed by atoms with van der Waals surface area (Å²) in [5.41, 5.74) is 0. The van der Waals surface area contributed by atoms with E-state index in [1.54, 1.807) is 4.90 Å². The molecule has 2 bridgehead atoms. The lowest BCUT2D eigenvalue weighted by atomic mass is 9.98. The monoisotopic (exact) mass is 563 g/mol. The van der Waals surface area contributed by atoms with Gasteiger partial charge in [-0.1, -0.05) is 19.4 Å². The first-order valence-corrected chi connectivity index (χ1v) is 16.0. The van der Waals surface area contributed by atoms with Crippen molar-refractivity contribution in [2.24, 2.45) is 11.8 Å². The third-order valence-electron chi connectivity index (χ3n) is 7.43. The van der Waals surface area contributed by atoms with E-state index in [2.05, 4.69) is 47.5 Å². The molecule has 2 saturated carbocycles. The fourth-order valence-electron chi connectivity index (χ4n) is 5.34. The molecule has 37 heavy (non-hydrogen) atoms. The maximum atomic E-state index is 12.8. The van der Waals surface area contributed by atoms with Gasteiger partial charge >= 0.3 is 21.8 Å². The van der Waals surface area contributed by atoms with E-state index in [-0.39, 0.29) is 11.8 Å². The zero-order valence-corrected chi connectivity index (χ0v) is 22.6. The third kappa shape index (κ3) is 6.74. The highest BCUT2D eigenvalue weighted by Gasteiger charge is 2.57. The minimum Gasteiger partial charge on any atom is -0.494 e. The number of rotatable bonds is 9. The zero-order valence-electron chi connectivity index (χ0n) is 21.0. The summed E-state index contributed by atoms with van der Waals surface area (Å²) < 4.78 is 81.7. The van der Waals surface area contributed by atoms with Gasteiger partial charge in [-0.2, -0.15) is 17.2 Å². The second-order valence-corrected chi connectivity index (χ2v) is 14.0. The average molecular weight is 564 g/mol. The van der Waals surface area contributed by atoms with Gasteiger partial charge in [-0.3, -0.25) is 4.18 Å². The number of unbranched alkanes of at least 4 members (excludes halogenated alkanes) is 1. The quantitative estimate of drug-likeness (QED) is 0.141. The molecule has 0 spiro atoms. The minimum absolute atomic E-state index is 0.0942. The van der Waals surface area contributed by atoms with E-state index in [4.69, 9.17) is 4.74 Å². The first kappa shape index (κ1) is 28.5. The van der Waals surface area contributed by atoms with Gasteiger partial charge < -0.3 is 4.74 Å². The molecular weight excluding hydrogens is 528 g/mol. The Morgan fingerprint density at radius 2 is 1.73 bits per heavy atom. The summed E-state index contributed by atoms with van der Waals surface area (Å²) in [4.78, 5) is 1.55. The molecule has 2 aliphatic carbocycles. The summed E-state index contributed by atoms with van der Waals surface area (Å²) >= 11 is 0. The van der Waals surface area contributed by atoms with E-state index in [0.717, 1.165) is 31.6 Å². The van der Waals surface area contributed by atoms with Crippen LogP contribution in [0.2, 0.25) is 0 Å². The lowest BCUT2D eigenvalue weighted by Crippen LogP contribution is -2.40. The third-order valence-corrected chi connectivity index (χ3v) is 11.3. The van der Waals surface area contributed by atoms with Crippen molar-refractivity contribution in [1.82, 2.24) is 0 Å². The van der Waals surface area contributed by atoms with Crippen LogP contribution >= 0.6 is 0 Å². The van der Waals surface area contributed by atoms with Crippen molar-refractivity contribution in [2.75, 3.05) is 18.1 Å². The Balaban J connectivity index is 0.000000176. The van der Waals surface area contributed by atoms with Crippen molar-refractivity contribution in [3.05, 3.63) is 36.4 Å².